The van der Waals surface area contributed by atoms with Gasteiger partial charge in [-0.3, -0.25) is 4.57 Å². The minimum atomic E-state index is 0. The third-order valence-corrected chi connectivity index (χ3v) is 8.18. The van der Waals surface area contributed by atoms with Crippen molar-refractivity contribution in [1.82, 2.24) is 23.9 Å². The monoisotopic (exact) mass is 726 g/mol. The van der Waals surface area contributed by atoms with Gasteiger partial charge in [0.05, 0.1) is 27.8 Å². The fourth-order valence-electron chi connectivity index (χ4n) is 6.15. The summed E-state index contributed by atoms with van der Waals surface area (Å²) >= 11 is 0. The van der Waals surface area contributed by atoms with Gasteiger partial charge in [0, 0.05) is 66.9 Å². The van der Waals surface area contributed by atoms with E-state index in [4.69, 9.17) is 4.98 Å². The van der Waals surface area contributed by atoms with Crippen molar-refractivity contribution in [1.29, 1.82) is 0 Å². The summed E-state index contributed by atoms with van der Waals surface area (Å²) in [6.45, 7) is 6.74. The molecule has 8 rings (SSSR count). The molecule has 4 aromatic carbocycles. The second-order valence-electron chi connectivity index (χ2n) is 11.7. The van der Waals surface area contributed by atoms with Crippen molar-refractivity contribution in [2.24, 2.45) is 0 Å². The van der Waals surface area contributed by atoms with Crippen LogP contribution in [0.1, 0.15) is 26.3 Å². The van der Waals surface area contributed by atoms with Gasteiger partial charge in [-0.15, -0.1) is 0 Å². The Balaban J connectivity index is 0.00000288. The van der Waals surface area contributed by atoms with Crippen molar-refractivity contribution in [3.63, 3.8) is 0 Å². The number of pyridine rings is 1. The number of benzene rings is 4. The summed E-state index contributed by atoms with van der Waals surface area (Å²) in [6.07, 6.45) is 5.73. The van der Waals surface area contributed by atoms with Gasteiger partial charge in [-0.05, 0) is 65.6 Å². The number of nitrogens with zero attached hydrogens (tertiary/aromatic N) is 5. The van der Waals surface area contributed by atoms with Crippen LogP contribution in [0.4, 0.5) is 0 Å². The Morgan fingerprint density at radius 1 is 0.548 bits per heavy atom. The van der Waals surface area contributed by atoms with E-state index >= 15 is 0 Å². The van der Waals surface area contributed by atoms with Crippen LogP contribution < -0.4 is 0 Å². The molecule has 8 aromatic rings. The van der Waals surface area contributed by atoms with Crippen LogP contribution in [-0.4, -0.2) is 23.9 Å². The molecule has 4 heterocycles. The van der Waals surface area contributed by atoms with Crippen molar-refractivity contribution >= 4 is 43.6 Å². The smallest absolute Gasteiger partial charge is 0.137 e. The van der Waals surface area contributed by atoms with Gasteiger partial charge in [0.1, 0.15) is 5.82 Å². The topological polar surface area (TPSA) is 40.6 Å². The van der Waals surface area contributed by atoms with Gasteiger partial charge in [-0.25, -0.2) is 9.67 Å². The largest absolute Gasteiger partial charge is 0.309 e. The number of aromatic nitrogens is 5. The predicted octanol–water partition coefficient (Wildman–Crippen LogP) is 8.76. The van der Waals surface area contributed by atoms with E-state index in [1.54, 1.807) is 0 Å². The normalized spacial score (nSPS) is 12.0. The molecule has 0 aliphatic heterocycles. The molecule has 0 radical (unpaired) electrons. The third kappa shape index (κ3) is 4.03. The molecule has 6 heteroatoms. The van der Waals surface area contributed by atoms with E-state index in [-0.39, 0.29) is 26.5 Å². The number of hydrogen-bond acceptors (Lipinski definition) is 2. The van der Waals surface area contributed by atoms with Crippen LogP contribution in [0.2, 0.25) is 0 Å². The molecule has 0 amide bonds. The maximum Gasteiger partial charge on any atom is 0.137 e. The molecular weight excluding hydrogens is 698 g/mol. The summed E-state index contributed by atoms with van der Waals surface area (Å²) in [4.78, 5) is 4.87. The van der Waals surface area contributed by atoms with Crippen LogP contribution in [-0.2, 0) is 26.5 Å². The zero-order chi connectivity index (χ0) is 27.7. The van der Waals surface area contributed by atoms with Gasteiger partial charge in [0.25, 0.3) is 0 Å². The minimum Gasteiger partial charge on any atom is -0.309 e. The number of fused-ring (bicyclic) bond motifs is 6. The van der Waals surface area contributed by atoms with E-state index in [9.17, 15) is 0 Å². The average molecular weight is 727 g/mol. The molecule has 5 nitrogen and oxygen atoms in total. The molecule has 0 aliphatic carbocycles. The minimum absolute atomic E-state index is 0. The zero-order valence-corrected chi connectivity index (χ0v) is 25.9. The van der Waals surface area contributed by atoms with E-state index in [0.29, 0.717) is 0 Å². The van der Waals surface area contributed by atoms with Gasteiger partial charge in [-0.2, -0.15) is 5.10 Å². The van der Waals surface area contributed by atoms with Gasteiger partial charge in [0.15, 0.2) is 0 Å². The summed E-state index contributed by atoms with van der Waals surface area (Å²) in [5, 5.41) is 9.37. The molecule has 0 aliphatic rings. The van der Waals surface area contributed by atoms with Gasteiger partial charge in [0.2, 0.25) is 0 Å². The first-order chi connectivity index (χ1) is 20.0. The molecule has 0 saturated heterocycles. The Hall–Kier alpha value is -4.47. The van der Waals surface area contributed by atoms with Crippen LogP contribution in [0.25, 0.3) is 60.8 Å². The van der Waals surface area contributed by atoms with Gasteiger partial charge >= 0.3 is 0 Å². The standard InChI is InChI=1S/C36H29N5.Pt/c1-36(2,3)24-17-19-37-35(21-24)41-32-12-7-5-10-28(32)30-16-14-26(23-34(30)41)40-31-11-6-4-9-27(31)29-15-13-25(22-33(29)40)39-20-8-18-38-39;/h4-23H,1-3H3;. The van der Waals surface area contributed by atoms with Crippen molar-refractivity contribution in [3.05, 3.63) is 127 Å². The summed E-state index contributed by atoms with van der Waals surface area (Å²) in [5.74, 6) is 0.934. The van der Waals surface area contributed by atoms with E-state index in [0.717, 1.165) is 33.7 Å². The molecule has 208 valence electrons. The molecule has 42 heavy (non-hydrogen) atoms. The van der Waals surface area contributed by atoms with Crippen LogP contribution in [0, 0.1) is 0 Å². The van der Waals surface area contributed by atoms with E-state index in [1.807, 2.05) is 29.3 Å². The quantitative estimate of drug-likeness (QED) is 0.183. The number of hydrogen-bond donors (Lipinski definition) is 0. The molecule has 0 spiro atoms. The fraction of sp³-hybridized carbons (Fsp3) is 0.111. The molecule has 4 aromatic heterocycles. The van der Waals surface area contributed by atoms with Crippen LogP contribution in [0.15, 0.2) is 122 Å². The Kier molecular flexibility index (Phi) is 6.18. The summed E-state index contributed by atoms with van der Waals surface area (Å²) in [5.41, 5.74) is 8.04. The Morgan fingerprint density at radius 2 is 1.14 bits per heavy atom. The molecule has 0 saturated carbocycles. The zero-order valence-electron chi connectivity index (χ0n) is 23.6. The molecular formula is C36H29N5Pt. The SMILES string of the molecule is CC(C)(C)c1ccnc(-n2c3ccccc3c3ccc(-n4c5ccccc5c5ccc(-n6cccn6)cc54)cc32)c1.[Pt]. The maximum absolute atomic E-state index is 4.87. The molecule has 0 N–H and O–H groups in total. The number of para-hydroxylation sites is 2. The average Bonchev–Trinajstić information content (AvgIpc) is 3.71. The predicted molar refractivity (Wildman–Crippen MR) is 169 cm³/mol. The number of rotatable bonds is 3. The second-order valence-corrected chi connectivity index (χ2v) is 11.7. The Labute approximate surface area is 258 Å². The second kappa shape index (κ2) is 9.82. The van der Waals surface area contributed by atoms with Gasteiger partial charge in [-0.1, -0.05) is 69.3 Å². The van der Waals surface area contributed by atoms with E-state index in [2.05, 4.69) is 132 Å². The Bertz CT molecular complexity index is 2250. The van der Waals surface area contributed by atoms with Crippen molar-refractivity contribution < 1.29 is 21.1 Å². The summed E-state index contributed by atoms with van der Waals surface area (Å²) in [7, 11) is 0. The first-order valence-electron chi connectivity index (χ1n) is 14.0. The van der Waals surface area contributed by atoms with Crippen LogP contribution in [0.3, 0.4) is 0 Å². The third-order valence-electron chi connectivity index (χ3n) is 8.18. The van der Waals surface area contributed by atoms with E-state index < -0.39 is 0 Å². The first kappa shape index (κ1) is 26.4. The molecule has 0 bridgehead atoms. The van der Waals surface area contributed by atoms with E-state index in [1.165, 1.54) is 32.6 Å². The van der Waals surface area contributed by atoms with Crippen LogP contribution >= 0.6 is 0 Å². The van der Waals surface area contributed by atoms with Crippen molar-refractivity contribution in [2.45, 2.75) is 26.2 Å². The molecule has 0 unspecified atom stereocenters. The van der Waals surface area contributed by atoms with Gasteiger partial charge < -0.3 is 4.57 Å². The first-order valence-corrected chi connectivity index (χ1v) is 14.0. The van der Waals surface area contributed by atoms with Crippen molar-refractivity contribution in [3.8, 4) is 17.2 Å². The van der Waals surface area contributed by atoms with Crippen molar-refractivity contribution in [2.75, 3.05) is 0 Å². The maximum atomic E-state index is 4.87. The van der Waals surface area contributed by atoms with Crippen LogP contribution in [0.5, 0.6) is 0 Å². The molecule has 0 fully saturated rings. The summed E-state index contributed by atoms with van der Waals surface area (Å²) < 4.78 is 6.60. The Morgan fingerprint density at radius 3 is 1.81 bits per heavy atom. The fourth-order valence-corrected chi connectivity index (χ4v) is 6.15. The summed E-state index contributed by atoms with van der Waals surface area (Å²) in [6, 6.07) is 37.0. The molecule has 0 atom stereocenters.